The van der Waals surface area contributed by atoms with Crippen LogP contribution in [0.5, 0.6) is 0 Å². The van der Waals surface area contributed by atoms with E-state index in [9.17, 15) is 14.4 Å². The third-order valence-electron chi connectivity index (χ3n) is 4.94. The normalized spacial score (nSPS) is 14.1. The van der Waals surface area contributed by atoms with Gasteiger partial charge in [0, 0.05) is 29.9 Å². The summed E-state index contributed by atoms with van der Waals surface area (Å²) in [7, 11) is 0. The SMILES string of the molecule is CC(=O)Nc1cccc(NC(=O)C2(C(=O)Nc3cccc4cccnc34)CC2)c1. The average molecular weight is 388 g/mol. The summed E-state index contributed by atoms with van der Waals surface area (Å²) in [6.07, 6.45) is 2.63. The third-order valence-corrected chi connectivity index (χ3v) is 4.94. The van der Waals surface area contributed by atoms with Crippen LogP contribution in [0.3, 0.4) is 0 Å². The van der Waals surface area contributed by atoms with Crippen molar-refractivity contribution in [1.82, 2.24) is 4.98 Å². The van der Waals surface area contributed by atoms with Crippen molar-refractivity contribution in [3.8, 4) is 0 Å². The van der Waals surface area contributed by atoms with Crippen LogP contribution >= 0.6 is 0 Å². The summed E-state index contributed by atoms with van der Waals surface area (Å²) in [5, 5.41) is 9.25. The van der Waals surface area contributed by atoms with Crippen LogP contribution < -0.4 is 16.0 Å². The number of pyridine rings is 1. The van der Waals surface area contributed by atoms with Gasteiger partial charge in [-0.05, 0) is 43.2 Å². The lowest BCUT2D eigenvalue weighted by Crippen LogP contribution is -2.35. The highest BCUT2D eigenvalue weighted by molar-refractivity contribution is 6.18. The van der Waals surface area contributed by atoms with Crippen molar-refractivity contribution in [2.45, 2.75) is 19.8 Å². The van der Waals surface area contributed by atoms with E-state index in [1.165, 1.54) is 6.92 Å². The van der Waals surface area contributed by atoms with E-state index in [4.69, 9.17) is 0 Å². The van der Waals surface area contributed by atoms with E-state index in [0.717, 1.165) is 5.39 Å². The van der Waals surface area contributed by atoms with Crippen LogP contribution in [0, 0.1) is 5.41 Å². The zero-order valence-electron chi connectivity index (χ0n) is 15.9. The second-order valence-electron chi connectivity index (χ2n) is 7.13. The fourth-order valence-corrected chi connectivity index (χ4v) is 3.26. The predicted octanol–water partition coefficient (Wildman–Crippen LogP) is 3.55. The lowest BCUT2D eigenvalue weighted by atomic mass is 10.0. The van der Waals surface area contributed by atoms with Crippen molar-refractivity contribution in [1.29, 1.82) is 0 Å². The highest BCUT2D eigenvalue weighted by Crippen LogP contribution is 2.47. The van der Waals surface area contributed by atoms with E-state index in [1.807, 2.05) is 24.3 Å². The molecule has 1 aromatic heterocycles. The van der Waals surface area contributed by atoms with E-state index in [-0.39, 0.29) is 17.7 Å². The Morgan fingerprint density at radius 2 is 1.52 bits per heavy atom. The molecule has 1 aliphatic rings. The summed E-state index contributed by atoms with van der Waals surface area (Å²) in [6.45, 7) is 1.41. The molecule has 146 valence electrons. The van der Waals surface area contributed by atoms with Gasteiger partial charge in [0.25, 0.3) is 0 Å². The van der Waals surface area contributed by atoms with Gasteiger partial charge in [-0.25, -0.2) is 0 Å². The van der Waals surface area contributed by atoms with Crippen molar-refractivity contribution < 1.29 is 14.4 Å². The molecule has 0 saturated heterocycles. The van der Waals surface area contributed by atoms with Gasteiger partial charge in [-0.3, -0.25) is 19.4 Å². The molecule has 1 saturated carbocycles. The number of anilines is 3. The van der Waals surface area contributed by atoms with Crippen LogP contribution in [0.1, 0.15) is 19.8 Å². The first-order chi connectivity index (χ1) is 14.0. The average Bonchev–Trinajstić information content (AvgIpc) is 3.50. The number of benzene rings is 2. The molecule has 1 fully saturated rings. The number of nitrogens with one attached hydrogen (secondary N) is 3. The first kappa shape index (κ1) is 18.6. The second-order valence-corrected chi connectivity index (χ2v) is 7.13. The Hall–Kier alpha value is -3.74. The minimum Gasteiger partial charge on any atom is -0.326 e. The molecule has 7 heteroatoms. The maximum atomic E-state index is 12.9. The number of aromatic nitrogens is 1. The molecule has 3 amide bonds. The molecule has 7 nitrogen and oxygen atoms in total. The predicted molar refractivity (Wildman–Crippen MR) is 111 cm³/mol. The van der Waals surface area contributed by atoms with E-state index >= 15 is 0 Å². The van der Waals surface area contributed by atoms with Gasteiger partial charge < -0.3 is 16.0 Å². The molecule has 2 aromatic carbocycles. The smallest absolute Gasteiger partial charge is 0.240 e. The van der Waals surface area contributed by atoms with E-state index < -0.39 is 5.41 Å². The molecule has 0 bridgehead atoms. The van der Waals surface area contributed by atoms with Gasteiger partial charge >= 0.3 is 0 Å². The molecular weight excluding hydrogens is 368 g/mol. The highest BCUT2D eigenvalue weighted by atomic mass is 16.2. The number of fused-ring (bicyclic) bond motifs is 1. The number of hydrogen-bond donors (Lipinski definition) is 3. The van der Waals surface area contributed by atoms with Gasteiger partial charge in [0.05, 0.1) is 11.2 Å². The lowest BCUT2D eigenvalue weighted by Gasteiger charge is -2.16. The molecule has 1 heterocycles. The van der Waals surface area contributed by atoms with Crippen molar-refractivity contribution >= 4 is 45.7 Å². The second kappa shape index (κ2) is 7.35. The number of para-hydroxylation sites is 1. The van der Waals surface area contributed by atoms with Crippen LogP contribution in [-0.2, 0) is 14.4 Å². The van der Waals surface area contributed by atoms with E-state index in [0.29, 0.717) is 35.4 Å². The van der Waals surface area contributed by atoms with Crippen LogP contribution in [0.2, 0.25) is 0 Å². The number of carbonyl (C=O) groups excluding carboxylic acids is 3. The number of carbonyl (C=O) groups is 3. The van der Waals surface area contributed by atoms with Gasteiger partial charge in [0.15, 0.2) is 0 Å². The number of amides is 3. The molecule has 0 unspecified atom stereocenters. The minimum absolute atomic E-state index is 0.199. The summed E-state index contributed by atoms with van der Waals surface area (Å²) in [4.78, 5) is 41.3. The molecule has 0 radical (unpaired) electrons. The molecular formula is C22H20N4O3. The molecule has 0 aliphatic heterocycles. The van der Waals surface area contributed by atoms with Gasteiger partial charge in [0.1, 0.15) is 5.41 Å². The van der Waals surface area contributed by atoms with Gasteiger partial charge in [0.2, 0.25) is 17.7 Å². The molecule has 29 heavy (non-hydrogen) atoms. The van der Waals surface area contributed by atoms with Crippen molar-refractivity contribution in [3.05, 3.63) is 60.8 Å². The topological polar surface area (TPSA) is 100 Å². The summed E-state index contributed by atoms with van der Waals surface area (Å²) >= 11 is 0. The molecule has 3 N–H and O–H groups in total. The Balaban J connectivity index is 1.50. The Morgan fingerprint density at radius 3 is 2.24 bits per heavy atom. The molecule has 0 spiro atoms. The zero-order valence-corrected chi connectivity index (χ0v) is 15.9. The summed E-state index contributed by atoms with van der Waals surface area (Å²) in [5.74, 6) is -0.899. The maximum Gasteiger partial charge on any atom is 0.240 e. The standard InChI is InChI=1S/C22H20N4O3/c1-14(27)24-16-7-3-8-17(13-16)25-20(28)22(10-11-22)21(29)26-18-9-2-5-15-6-4-12-23-19(15)18/h2-9,12-13H,10-11H2,1H3,(H,24,27)(H,25,28)(H,26,29). The summed E-state index contributed by atoms with van der Waals surface area (Å²) < 4.78 is 0. The Kier molecular flexibility index (Phi) is 4.72. The summed E-state index contributed by atoms with van der Waals surface area (Å²) in [6, 6.07) is 16.1. The van der Waals surface area contributed by atoms with Crippen LogP contribution in [0.25, 0.3) is 10.9 Å². The highest BCUT2D eigenvalue weighted by Gasteiger charge is 2.56. The minimum atomic E-state index is -1.10. The monoisotopic (exact) mass is 388 g/mol. The number of nitrogens with zero attached hydrogens (tertiary/aromatic N) is 1. The first-order valence-corrected chi connectivity index (χ1v) is 9.32. The number of rotatable bonds is 5. The fourth-order valence-electron chi connectivity index (χ4n) is 3.26. The Labute approximate surface area is 167 Å². The maximum absolute atomic E-state index is 12.9. The van der Waals surface area contributed by atoms with Crippen LogP contribution in [0.15, 0.2) is 60.8 Å². The Bertz CT molecular complexity index is 1120. The Morgan fingerprint density at radius 1 is 0.862 bits per heavy atom. The largest absolute Gasteiger partial charge is 0.326 e. The van der Waals surface area contributed by atoms with Gasteiger partial charge in [-0.1, -0.05) is 24.3 Å². The molecule has 3 aromatic rings. The summed E-state index contributed by atoms with van der Waals surface area (Å²) in [5.41, 5.74) is 1.27. The lowest BCUT2D eigenvalue weighted by molar-refractivity contribution is -0.131. The van der Waals surface area contributed by atoms with Crippen molar-refractivity contribution in [3.63, 3.8) is 0 Å². The van der Waals surface area contributed by atoms with E-state index in [1.54, 1.807) is 36.5 Å². The van der Waals surface area contributed by atoms with Crippen molar-refractivity contribution in [2.75, 3.05) is 16.0 Å². The molecule has 1 aliphatic carbocycles. The van der Waals surface area contributed by atoms with Crippen LogP contribution in [-0.4, -0.2) is 22.7 Å². The van der Waals surface area contributed by atoms with Gasteiger partial charge in [-0.15, -0.1) is 0 Å². The van der Waals surface area contributed by atoms with Crippen LogP contribution in [0.4, 0.5) is 17.1 Å². The third kappa shape index (κ3) is 3.80. The molecule has 4 rings (SSSR count). The first-order valence-electron chi connectivity index (χ1n) is 9.32. The van der Waals surface area contributed by atoms with Gasteiger partial charge in [-0.2, -0.15) is 0 Å². The van der Waals surface area contributed by atoms with Crippen molar-refractivity contribution in [2.24, 2.45) is 5.41 Å². The number of hydrogen-bond acceptors (Lipinski definition) is 4. The quantitative estimate of drug-likeness (QED) is 0.582. The van der Waals surface area contributed by atoms with E-state index in [2.05, 4.69) is 20.9 Å². The zero-order chi connectivity index (χ0) is 20.4. The fraction of sp³-hybridized carbons (Fsp3) is 0.182. The molecule has 0 atom stereocenters.